The van der Waals surface area contributed by atoms with E-state index in [9.17, 15) is 14.4 Å². The van der Waals surface area contributed by atoms with Crippen LogP contribution in [0.25, 0.3) is 0 Å². The van der Waals surface area contributed by atoms with Crippen molar-refractivity contribution in [2.75, 3.05) is 0 Å². The normalized spacial score (nSPS) is 16.1. The van der Waals surface area contributed by atoms with E-state index in [0.717, 1.165) is 0 Å². The molecule has 0 aromatic carbocycles. The summed E-state index contributed by atoms with van der Waals surface area (Å²) in [5.74, 6) is 0.266. The molecule has 0 saturated heterocycles. The van der Waals surface area contributed by atoms with Crippen molar-refractivity contribution in [3.63, 3.8) is 0 Å². The molecule has 88 valence electrons. The number of ketones is 2. The predicted octanol–water partition coefficient (Wildman–Crippen LogP) is 1.24. The van der Waals surface area contributed by atoms with Crippen molar-refractivity contribution in [2.45, 2.75) is 13.3 Å². The minimum atomic E-state index is -0.695. The zero-order chi connectivity index (χ0) is 13.2. The highest BCUT2D eigenvalue weighted by molar-refractivity contribution is 6.58. The van der Waals surface area contributed by atoms with Crippen molar-refractivity contribution in [1.29, 1.82) is 0 Å². The van der Waals surface area contributed by atoms with E-state index in [1.54, 1.807) is 0 Å². The Morgan fingerprint density at radius 2 is 1.82 bits per heavy atom. The van der Waals surface area contributed by atoms with Crippen LogP contribution in [0.15, 0.2) is 21.3 Å². The lowest BCUT2D eigenvalue weighted by Gasteiger charge is -2.16. The second-order valence-corrected chi connectivity index (χ2v) is 3.97. The molecule has 1 N–H and O–H groups in total. The van der Waals surface area contributed by atoms with Crippen LogP contribution in [0.2, 0.25) is 0 Å². The zero-order valence-corrected chi connectivity index (χ0v) is 10.3. The van der Waals surface area contributed by atoms with Crippen molar-refractivity contribution in [3.8, 4) is 12.3 Å². The molecule has 0 aliphatic heterocycles. The summed E-state index contributed by atoms with van der Waals surface area (Å²) in [6.45, 7) is 1.37. The maximum Gasteiger partial charge on any atom is 0.236 e. The Morgan fingerprint density at radius 3 is 2.35 bits per heavy atom. The number of hydrogen-bond donors (Lipinski definition) is 1. The summed E-state index contributed by atoms with van der Waals surface area (Å²) in [6, 6.07) is 0. The number of carbonyl (C=O) groups excluding carboxylic acids is 3. The van der Waals surface area contributed by atoms with Gasteiger partial charge in [-0.2, -0.15) is 0 Å². The van der Waals surface area contributed by atoms with Crippen molar-refractivity contribution in [3.05, 3.63) is 21.3 Å². The lowest BCUT2D eigenvalue weighted by molar-refractivity contribution is -0.121. The highest BCUT2D eigenvalue weighted by Crippen LogP contribution is 2.27. The van der Waals surface area contributed by atoms with Crippen LogP contribution in [0.5, 0.6) is 0 Å². The predicted molar refractivity (Wildman–Crippen MR) is 63.0 cm³/mol. The van der Waals surface area contributed by atoms with Gasteiger partial charge in [-0.05, 0) is 6.92 Å². The summed E-state index contributed by atoms with van der Waals surface area (Å²) in [5, 5.41) is 1.50. The summed E-state index contributed by atoms with van der Waals surface area (Å²) in [5.41, 5.74) is -0.139. The first-order valence-corrected chi connectivity index (χ1v) is 5.24. The van der Waals surface area contributed by atoms with Gasteiger partial charge in [0, 0.05) is 5.57 Å². The van der Waals surface area contributed by atoms with Gasteiger partial charge in [0.15, 0.2) is 0 Å². The van der Waals surface area contributed by atoms with Gasteiger partial charge >= 0.3 is 0 Å². The maximum atomic E-state index is 11.7. The number of hydrogen-bond acceptors (Lipinski definition) is 3. The third-order valence-corrected chi connectivity index (χ3v) is 2.88. The molecule has 0 saturated carbocycles. The topological polar surface area (TPSA) is 63.2 Å². The third kappa shape index (κ3) is 2.57. The van der Waals surface area contributed by atoms with E-state index < -0.39 is 22.5 Å². The van der Waals surface area contributed by atoms with Gasteiger partial charge in [-0.25, -0.2) is 0 Å². The van der Waals surface area contributed by atoms with E-state index in [0.29, 0.717) is 0 Å². The van der Waals surface area contributed by atoms with Gasteiger partial charge < -0.3 is 5.32 Å². The monoisotopic (exact) mass is 271 g/mol. The first-order chi connectivity index (χ1) is 7.90. The Labute approximate surface area is 108 Å². The van der Waals surface area contributed by atoms with E-state index in [-0.39, 0.29) is 22.7 Å². The molecular weight excluding hydrogens is 265 g/mol. The molecular formula is C11H7Cl2NO3. The van der Waals surface area contributed by atoms with E-state index in [2.05, 4.69) is 11.2 Å². The molecule has 0 atom stereocenters. The Balaban J connectivity index is 3.08. The molecule has 1 amide bonds. The number of allylic oxidation sites excluding steroid dienone is 3. The summed E-state index contributed by atoms with van der Waals surface area (Å²) in [7, 11) is 0. The Kier molecular flexibility index (Phi) is 4.11. The molecule has 6 heteroatoms. The average Bonchev–Trinajstić information content (AvgIpc) is 2.30. The highest BCUT2D eigenvalue weighted by atomic mass is 35.5. The van der Waals surface area contributed by atoms with Gasteiger partial charge in [0.1, 0.15) is 10.1 Å². The van der Waals surface area contributed by atoms with Gasteiger partial charge in [-0.3, -0.25) is 14.4 Å². The van der Waals surface area contributed by atoms with E-state index in [1.165, 1.54) is 6.92 Å². The molecule has 0 unspecified atom stereocenters. The Hall–Kier alpha value is -1.57. The zero-order valence-electron chi connectivity index (χ0n) is 8.77. The van der Waals surface area contributed by atoms with E-state index in [4.69, 9.17) is 29.6 Å². The molecule has 17 heavy (non-hydrogen) atoms. The Bertz CT molecular complexity index is 523. The lowest BCUT2D eigenvalue weighted by Crippen LogP contribution is -2.32. The molecule has 4 nitrogen and oxygen atoms in total. The van der Waals surface area contributed by atoms with Crippen molar-refractivity contribution >= 4 is 40.7 Å². The minimum Gasteiger partial charge on any atom is -0.322 e. The summed E-state index contributed by atoms with van der Waals surface area (Å²) in [4.78, 5) is 34.5. The molecule has 0 aromatic heterocycles. The molecule has 0 aromatic rings. The van der Waals surface area contributed by atoms with Crippen molar-refractivity contribution in [2.24, 2.45) is 0 Å². The second-order valence-electron chi connectivity index (χ2n) is 3.22. The van der Waals surface area contributed by atoms with Gasteiger partial charge in [-0.1, -0.05) is 29.1 Å². The van der Waals surface area contributed by atoms with Crippen LogP contribution >= 0.6 is 23.2 Å². The largest absolute Gasteiger partial charge is 0.322 e. The van der Waals surface area contributed by atoms with Crippen LogP contribution in [0.3, 0.4) is 0 Å². The van der Waals surface area contributed by atoms with Crippen molar-refractivity contribution < 1.29 is 14.4 Å². The van der Waals surface area contributed by atoms with Gasteiger partial charge in [0.2, 0.25) is 17.5 Å². The third-order valence-electron chi connectivity index (χ3n) is 2.06. The Morgan fingerprint density at radius 1 is 1.29 bits per heavy atom. The van der Waals surface area contributed by atoms with E-state index >= 15 is 0 Å². The van der Waals surface area contributed by atoms with E-state index in [1.807, 2.05) is 0 Å². The van der Waals surface area contributed by atoms with Crippen LogP contribution in [0.4, 0.5) is 0 Å². The molecule has 0 bridgehead atoms. The molecule has 0 fully saturated rings. The van der Waals surface area contributed by atoms with Gasteiger partial charge in [0.25, 0.3) is 0 Å². The number of carbonyl (C=O) groups is 3. The van der Waals surface area contributed by atoms with Crippen LogP contribution in [0.1, 0.15) is 13.3 Å². The molecule has 1 aliphatic rings. The molecule has 0 spiro atoms. The number of nitrogens with one attached hydrogen (secondary N) is 1. The maximum absolute atomic E-state index is 11.7. The number of Topliss-reactive ketones (excluding diaryl/α,β-unsaturated/α-hetero) is 2. The molecule has 0 radical (unpaired) electrons. The minimum absolute atomic E-state index is 0.0368. The van der Waals surface area contributed by atoms with Gasteiger partial charge in [0.05, 0.1) is 12.1 Å². The van der Waals surface area contributed by atoms with Crippen LogP contribution < -0.4 is 5.32 Å². The number of terminal acetylenes is 1. The van der Waals surface area contributed by atoms with Crippen LogP contribution in [0, 0.1) is 12.3 Å². The summed E-state index contributed by atoms with van der Waals surface area (Å²) in [6.07, 6.45) is 4.74. The SMILES string of the molecule is C#CCC(=O)NC1=C(C)C(=O)C(Cl)=C(Cl)C1=O. The summed E-state index contributed by atoms with van der Waals surface area (Å²) < 4.78 is 0. The fourth-order valence-corrected chi connectivity index (χ4v) is 1.59. The first kappa shape index (κ1) is 13.5. The standard InChI is InChI=1S/C11H7Cl2NO3/c1-3-4-6(15)14-9-5(2)10(16)7(12)8(13)11(9)17/h1H,4H2,2H3,(H,14,15). The fraction of sp³-hybridized carbons (Fsp3) is 0.182. The first-order valence-electron chi connectivity index (χ1n) is 4.49. The number of amides is 1. The van der Waals surface area contributed by atoms with Crippen LogP contribution in [-0.2, 0) is 14.4 Å². The molecule has 0 heterocycles. The average molecular weight is 272 g/mol. The summed E-state index contributed by atoms with van der Waals surface area (Å²) >= 11 is 11.2. The number of rotatable bonds is 2. The van der Waals surface area contributed by atoms with Crippen molar-refractivity contribution in [1.82, 2.24) is 5.32 Å². The quantitative estimate of drug-likeness (QED) is 0.607. The van der Waals surface area contributed by atoms with Crippen LogP contribution in [-0.4, -0.2) is 17.5 Å². The smallest absolute Gasteiger partial charge is 0.236 e. The van der Waals surface area contributed by atoms with Gasteiger partial charge in [-0.15, -0.1) is 6.42 Å². The number of halogens is 2. The molecule has 1 rings (SSSR count). The highest BCUT2D eigenvalue weighted by Gasteiger charge is 2.31. The molecule has 1 aliphatic carbocycles. The fourth-order valence-electron chi connectivity index (χ4n) is 1.18. The lowest BCUT2D eigenvalue weighted by atomic mass is 10.0. The second kappa shape index (κ2) is 5.17.